The van der Waals surface area contributed by atoms with Crippen LogP contribution in [-0.2, 0) is 31.8 Å². The molecule has 3 aromatic carbocycles. The fourth-order valence-electron chi connectivity index (χ4n) is 6.74. The Bertz CT molecular complexity index is 1930. The third kappa shape index (κ3) is 5.26. The molecule has 2 aliphatic rings. The van der Waals surface area contributed by atoms with E-state index in [1.165, 1.54) is 28.6 Å². The summed E-state index contributed by atoms with van der Waals surface area (Å²) >= 11 is 2.40. The predicted octanol–water partition coefficient (Wildman–Crippen LogP) is 7.63. The molecule has 6 nitrogen and oxygen atoms in total. The Morgan fingerprint density at radius 1 is 0.932 bits per heavy atom. The van der Waals surface area contributed by atoms with Gasteiger partial charge < -0.3 is 4.90 Å². The molecule has 4 heterocycles. The Labute approximate surface area is 271 Å². The first kappa shape index (κ1) is 29.3. The van der Waals surface area contributed by atoms with Crippen molar-refractivity contribution in [3.63, 3.8) is 0 Å². The van der Waals surface area contributed by atoms with E-state index in [1.807, 2.05) is 6.20 Å². The number of hydrogen-bond acceptors (Lipinski definition) is 4. The molecule has 230 valence electrons. The normalized spacial score (nSPS) is 18.8. The minimum atomic E-state index is -0.0754. The maximum absolute atomic E-state index is 6.68. The number of fused-ring (bicyclic) bond motifs is 4. The third-order valence-corrected chi connectivity index (χ3v) is 10.5. The van der Waals surface area contributed by atoms with Crippen LogP contribution in [0.1, 0.15) is 49.8 Å². The van der Waals surface area contributed by atoms with Gasteiger partial charge in [-0.25, -0.2) is 0 Å². The van der Waals surface area contributed by atoms with Crippen LogP contribution in [0.2, 0.25) is 0 Å². The van der Waals surface area contributed by atoms with Crippen LogP contribution in [-0.4, -0.2) is 45.7 Å². The monoisotopic (exact) mass is 764 g/mol. The van der Waals surface area contributed by atoms with E-state index in [0.29, 0.717) is 23.3 Å². The Balaban J connectivity index is 1.33. The van der Waals surface area contributed by atoms with Gasteiger partial charge in [0.1, 0.15) is 0 Å². The van der Waals surface area contributed by atoms with Gasteiger partial charge in [0, 0.05) is 6.20 Å². The molecule has 2 unspecified atom stereocenters. The van der Waals surface area contributed by atoms with Crippen LogP contribution < -0.4 is 9.64 Å². The van der Waals surface area contributed by atoms with Crippen LogP contribution in [0.5, 0.6) is 11.5 Å². The third-order valence-electron chi connectivity index (χ3n) is 9.22. The van der Waals surface area contributed by atoms with Gasteiger partial charge in [0.25, 0.3) is 0 Å². The Morgan fingerprint density at radius 2 is 1.73 bits per heavy atom. The van der Waals surface area contributed by atoms with Crippen molar-refractivity contribution < 1.29 is 24.1 Å². The zero-order chi connectivity index (χ0) is 30.7. The molecule has 2 atom stereocenters. The van der Waals surface area contributed by atoms with Crippen molar-refractivity contribution in [2.45, 2.75) is 45.4 Å². The first-order valence-electron chi connectivity index (χ1n) is 15.4. The molecule has 7 rings (SSSR count). The van der Waals surface area contributed by atoms with Crippen LogP contribution in [0.25, 0.3) is 16.7 Å². The molecule has 0 N–H and O–H groups in total. The van der Waals surface area contributed by atoms with E-state index >= 15 is 0 Å². The maximum atomic E-state index is 6.68. The molecule has 0 aliphatic carbocycles. The van der Waals surface area contributed by atoms with Crippen LogP contribution >= 0.6 is 0 Å². The average Bonchev–Trinajstić information content (AvgIpc) is 3.25. The first-order chi connectivity index (χ1) is 21.1. The van der Waals surface area contributed by atoms with Gasteiger partial charge in [-0.3, -0.25) is 0 Å². The van der Waals surface area contributed by atoms with Crippen LogP contribution in [0, 0.1) is 28.8 Å². The zero-order valence-corrected chi connectivity index (χ0v) is 28.6. The number of benzene rings is 3. The molecular formula is C37H39N5OPt-2. The van der Waals surface area contributed by atoms with Crippen molar-refractivity contribution in [3.05, 3.63) is 99.5 Å². The molecule has 7 heteroatoms. The number of piperidine rings is 1. The van der Waals surface area contributed by atoms with E-state index in [9.17, 15) is 0 Å². The fraction of sp³-hybridized carbons (Fsp3) is 0.351. The molecule has 0 spiro atoms. The summed E-state index contributed by atoms with van der Waals surface area (Å²) < 4.78 is 12.3. The van der Waals surface area contributed by atoms with Crippen LogP contribution in [0.4, 0.5) is 11.5 Å². The zero-order valence-electron chi connectivity index (χ0n) is 26.3. The SMILES string of the molecule is Cc1ccnc(N2CC3CCN(C)CC3c3ccc(Oc4[c-]c(-n5[c](=[Pt])n(C)c6ccccc65)cc(C(C)(C)C)c4)[c-]c32)c1. The molecular weight excluding hydrogens is 726 g/mol. The predicted molar refractivity (Wildman–Crippen MR) is 173 cm³/mol. The Morgan fingerprint density at radius 3 is 2.50 bits per heavy atom. The minimum absolute atomic E-state index is 0.0754. The van der Waals surface area contributed by atoms with Gasteiger partial charge in [-0.1, -0.05) is 0 Å². The second-order valence-electron chi connectivity index (χ2n) is 13.4. The van der Waals surface area contributed by atoms with Crippen LogP contribution in [0.15, 0.2) is 66.9 Å². The van der Waals surface area contributed by atoms with Gasteiger partial charge in [-0.05, 0) is 38.6 Å². The van der Waals surface area contributed by atoms with Gasteiger partial charge in [-0.2, -0.15) is 0 Å². The number of imidazole rings is 1. The number of aryl methyl sites for hydroxylation is 2. The molecule has 1 fully saturated rings. The summed E-state index contributed by atoms with van der Waals surface area (Å²) in [5.74, 6) is 3.41. The van der Waals surface area contributed by atoms with E-state index in [-0.39, 0.29) is 5.41 Å². The molecule has 5 aromatic rings. The summed E-state index contributed by atoms with van der Waals surface area (Å²) in [4.78, 5) is 9.60. The number of hydrogen-bond donors (Lipinski definition) is 0. The summed E-state index contributed by atoms with van der Waals surface area (Å²) in [6.07, 6.45) is 3.09. The number of rotatable bonds is 4. The van der Waals surface area contributed by atoms with E-state index in [2.05, 4.69) is 153 Å². The van der Waals surface area contributed by atoms with Crippen molar-refractivity contribution in [1.29, 1.82) is 0 Å². The number of ether oxygens (including phenoxy) is 1. The number of pyridine rings is 1. The van der Waals surface area contributed by atoms with Crippen LogP contribution in [0.3, 0.4) is 0 Å². The van der Waals surface area contributed by atoms with E-state index in [0.717, 1.165) is 46.1 Å². The van der Waals surface area contributed by atoms with Crippen molar-refractivity contribution >= 4 is 22.5 Å². The Kier molecular flexibility index (Phi) is 7.42. The fourth-order valence-corrected chi connectivity index (χ4v) is 7.56. The van der Waals surface area contributed by atoms with Gasteiger partial charge in [0.15, 0.2) is 0 Å². The van der Waals surface area contributed by atoms with Gasteiger partial charge in [-0.15, -0.1) is 0 Å². The number of nitrogens with zero attached hydrogens (tertiary/aromatic N) is 5. The summed E-state index contributed by atoms with van der Waals surface area (Å²) in [6, 6.07) is 28.8. The molecule has 1 saturated heterocycles. The van der Waals surface area contributed by atoms with Gasteiger partial charge in [0.2, 0.25) is 0 Å². The molecule has 44 heavy (non-hydrogen) atoms. The standard InChI is InChI=1S/C37H39N5O.Pt/c1-25-13-15-38-36(17-25)41-22-26-14-16-39(5)23-32(26)31-12-11-29(21-35(31)41)43-30-19-27(37(2,3)4)18-28(20-30)42-24-40(6)33-9-7-8-10-34(33)42;/h7-13,15,17-19,26,32H,14,16,22-23H2,1-6H3;/q-2;. The van der Waals surface area contributed by atoms with Crippen molar-refractivity contribution in [2.24, 2.45) is 13.0 Å². The number of aromatic nitrogens is 3. The summed E-state index contributed by atoms with van der Waals surface area (Å²) in [5.41, 5.74) is 8.00. The molecule has 2 aromatic heterocycles. The van der Waals surface area contributed by atoms with E-state index in [4.69, 9.17) is 9.72 Å². The van der Waals surface area contributed by atoms with E-state index < -0.39 is 0 Å². The number of anilines is 2. The number of likely N-dealkylation sites (N-methyl/N-ethyl adjacent to an activating group) is 1. The van der Waals surface area contributed by atoms with E-state index in [1.54, 1.807) is 0 Å². The topological polar surface area (TPSA) is 38.5 Å². The van der Waals surface area contributed by atoms with Crippen molar-refractivity contribution in [3.8, 4) is 17.2 Å². The summed E-state index contributed by atoms with van der Waals surface area (Å²) in [7, 11) is 4.34. The summed E-state index contributed by atoms with van der Waals surface area (Å²) in [6.45, 7) is 12.0. The molecule has 2 aliphatic heterocycles. The molecule has 0 saturated carbocycles. The van der Waals surface area contributed by atoms with Crippen molar-refractivity contribution in [2.75, 3.05) is 31.6 Å². The number of para-hydroxylation sites is 2. The van der Waals surface area contributed by atoms with Gasteiger partial charge in [0.05, 0.1) is 0 Å². The second-order valence-corrected chi connectivity index (χ2v) is 14.5. The quantitative estimate of drug-likeness (QED) is 0.177. The average molecular weight is 765 g/mol. The Hall–Kier alpha value is -3.47. The van der Waals surface area contributed by atoms with Crippen molar-refractivity contribution in [1.82, 2.24) is 19.0 Å². The molecule has 0 amide bonds. The number of likely N-dealkylation sites (tertiary alicyclic amines) is 1. The molecule has 0 radical (unpaired) electrons. The van der Waals surface area contributed by atoms with Gasteiger partial charge >= 0.3 is 223 Å². The summed E-state index contributed by atoms with van der Waals surface area (Å²) in [5, 5.41) is 0. The molecule has 0 bridgehead atoms. The second kappa shape index (κ2) is 11.2. The first-order valence-corrected chi connectivity index (χ1v) is 16.5.